The van der Waals surface area contributed by atoms with Crippen LogP contribution in [-0.4, -0.2) is 49.3 Å². The fourth-order valence-corrected chi connectivity index (χ4v) is 1.85. The molecule has 1 fully saturated rings. The maximum Gasteiger partial charge on any atom is 0.0558 e. The van der Waals surface area contributed by atoms with Crippen molar-refractivity contribution in [2.24, 2.45) is 11.8 Å². The van der Waals surface area contributed by atoms with Crippen molar-refractivity contribution in [2.75, 3.05) is 39.3 Å². The van der Waals surface area contributed by atoms with Crippen LogP contribution in [0.3, 0.4) is 0 Å². The molecule has 2 N–H and O–H groups in total. The molecule has 0 bridgehead atoms. The summed E-state index contributed by atoms with van der Waals surface area (Å²) in [5.41, 5.74) is 0. The smallest absolute Gasteiger partial charge is 0.0558 e. The Labute approximate surface area is 86.8 Å². The molecule has 1 atom stereocenters. The van der Waals surface area contributed by atoms with Gasteiger partial charge in [0.05, 0.1) is 6.61 Å². The molecule has 14 heavy (non-hydrogen) atoms. The van der Waals surface area contributed by atoms with Gasteiger partial charge in [0.2, 0.25) is 0 Å². The van der Waals surface area contributed by atoms with Crippen LogP contribution in [0.5, 0.6) is 0 Å². The molecular formula is C11H22N2O. The number of nitrogens with zero attached hydrogens (tertiary/aromatic N) is 1. The van der Waals surface area contributed by atoms with Crippen molar-refractivity contribution >= 4 is 0 Å². The molecule has 0 aromatic rings. The van der Waals surface area contributed by atoms with E-state index in [4.69, 9.17) is 5.11 Å². The highest BCUT2D eigenvalue weighted by atomic mass is 16.3. The van der Waals surface area contributed by atoms with E-state index in [-0.39, 0.29) is 6.61 Å². The molecule has 1 aliphatic rings. The molecule has 0 aliphatic carbocycles. The summed E-state index contributed by atoms with van der Waals surface area (Å²) in [5.74, 6) is 1.53. The summed E-state index contributed by atoms with van der Waals surface area (Å²) in [6.07, 6.45) is 1.90. The van der Waals surface area contributed by atoms with E-state index in [9.17, 15) is 0 Å². The third kappa shape index (κ3) is 3.40. The van der Waals surface area contributed by atoms with Crippen LogP contribution >= 0.6 is 0 Å². The summed E-state index contributed by atoms with van der Waals surface area (Å²) in [7, 11) is 0. The van der Waals surface area contributed by atoms with Gasteiger partial charge < -0.3 is 10.4 Å². The van der Waals surface area contributed by atoms with Crippen LogP contribution in [0.15, 0.2) is 12.7 Å². The Bertz CT molecular complexity index is 169. The molecule has 1 heterocycles. The van der Waals surface area contributed by atoms with Crippen molar-refractivity contribution in [2.45, 2.75) is 6.92 Å². The maximum atomic E-state index is 8.90. The average molecular weight is 198 g/mol. The zero-order valence-electron chi connectivity index (χ0n) is 9.08. The lowest BCUT2D eigenvalue weighted by molar-refractivity contribution is 0.151. The molecule has 3 heteroatoms. The minimum absolute atomic E-state index is 0.240. The largest absolute Gasteiger partial charge is 0.395 e. The molecule has 1 unspecified atom stereocenters. The second kappa shape index (κ2) is 6.17. The minimum Gasteiger partial charge on any atom is -0.395 e. The van der Waals surface area contributed by atoms with Gasteiger partial charge in [-0.1, -0.05) is 13.0 Å². The first kappa shape index (κ1) is 11.7. The van der Waals surface area contributed by atoms with Gasteiger partial charge in [0.1, 0.15) is 0 Å². The van der Waals surface area contributed by atoms with Crippen LogP contribution in [-0.2, 0) is 0 Å². The Hall–Kier alpha value is -0.380. The van der Waals surface area contributed by atoms with Crippen molar-refractivity contribution in [3.8, 4) is 0 Å². The van der Waals surface area contributed by atoms with E-state index < -0.39 is 0 Å². The molecule has 1 aliphatic heterocycles. The average Bonchev–Trinajstić information content (AvgIpc) is 2.01. The second-order valence-corrected chi connectivity index (χ2v) is 4.17. The van der Waals surface area contributed by atoms with Crippen LogP contribution in [0.25, 0.3) is 0 Å². The SMILES string of the molecule is C=CCN(CCO)CC(C)C1CNC1. The van der Waals surface area contributed by atoms with Crippen LogP contribution in [0.2, 0.25) is 0 Å². The number of hydrogen-bond donors (Lipinski definition) is 2. The zero-order chi connectivity index (χ0) is 10.4. The molecule has 0 aromatic carbocycles. The predicted molar refractivity (Wildman–Crippen MR) is 59.2 cm³/mol. The topological polar surface area (TPSA) is 35.5 Å². The number of hydrogen-bond acceptors (Lipinski definition) is 3. The molecule has 0 saturated carbocycles. The number of aliphatic hydroxyl groups is 1. The lowest BCUT2D eigenvalue weighted by atomic mass is 9.88. The highest BCUT2D eigenvalue weighted by Gasteiger charge is 2.24. The number of rotatable bonds is 7. The summed E-state index contributed by atoms with van der Waals surface area (Å²) in [4.78, 5) is 2.26. The molecule has 3 nitrogen and oxygen atoms in total. The quantitative estimate of drug-likeness (QED) is 0.578. The van der Waals surface area contributed by atoms with Gasteiger partial charge in [-0.25, -0.2) is 0 Å². The van der Waals surface area contributed by atoms with Crippen LogP contribution in [0, 0.1) is 11.8 Å². The first-order chi connectivity index (χ1) is 6.77. The minimum atomic E-state index is 0.240. The number of nitrogens with one attached hydrogen (secondary N) is 1. The van der Waals surface area contributed by atoms with E-state index in [2.05, 4.69) is 23.7 Å². The standard InChI is InChI=1S/C11H22N2O/c1-3-4-13(5-6-14)9-10(2)11-7-12-8-11/h3,10-12,14H,1,4-9H2,2H3. The Kier molecular flexibility index (Phi) is 5.15. The fraction of sp³-hybridized carbons (Fsp3) is 0.818. The Morgan fingerprint density at radius 3 is 2.79 bits per heavy atom. The van der Waals surface area contributed by atoms with E-state index in [1.807, 2.05) is 6.08 Å². The van der Waals surface area contributed by atoms with Gasteiger partial charge in [0.15, 0.2) is 0 Å². The highest BCUT2D eigenvalue weighted by Crippen LogP contribution is 2.16. The van der Waals surface area contributed by atoms with Gasteiger partial charge in [0, 0.05) is 19.6 Å². The van der Waals surface area contributed by atoms with Crippen molar-refractivity contribution in [1.82, 2.24) is 10.2 Å². The van der Waals surface area contributed by atoms with E-state index in [0.717, 1.165) is 38.6 Å². The van der Waals surface area contributed by atoms with Gasteiger partial charge in [-0.2, -0.15) is 0 Å². The molecule has 1 rings (SSSR count). The van der Waals surface area contributed by atoms with E-state index in [1.165, 1.54) is 0 Å². The first-order valence-electron chi connectivity index (χ1n) is 5.42. The van der Waals surface area contributed by atoms with E-state index >= 15 is 0 Å². The van der Waals surface area contributed by atoms with Crippen LogP contribution in [0.4, 0.5) is 0 Å². The van der Waals surface area contributed by atoms with Crippen molar-refractivity contribution < 1.29 is 5.11 Å². The van der Waals surface area contributed by atoms with Gasteiger partial charge in [-0.3, -0.25) is 4.90 Å². The summed E-state index contributed by atoms with van der Waals surface area (Å²) in [6, 6.07) is 0. The molecule has 82 valence electrons. The van der Waals surface area contributed by atoms with Crippen LogP contribution < -0.4 is 5.32 Å². The lowest BCUT2D eigenvalue weighted by Gasteiger charge is -2.35. The third-order valence-corrected chi connectivity index (χ3v) is 2.97. The second-order valence-electron chi connectivity index (χ2n) is 4.17. The molecule has 0 radical (unpaired) electrons. The summed E-state index contributed by atoms with van der Waals surface area (Å²) in [5, 5.41) is 12.2. The third-order valence-electron chi connectivity index (χ3n) is 2.97. The highest BCUT2D eigenvalue weighted by molar-refractivity contribution is 4.82. The van der Waals surface area contributed by atoms with Gasteiger partial charge in [-0.15, -0.1) is 6.58 Å². The zero-order valence-corrected chi connectivity index (χ0v) is 9.08. The van der Waals surface area contributed by atoms with Crippen molar-refractivity contribution in [3.05, 3.63) is 12.7 Å². The summed E-state index contributed by atoms with van der Waals surface area (Å²) < 4.78 is 0. The van der Waals surface area contributed by atoms with E-state index in [1.54, 1.807) is 0 Å². The van der Waals surface area contributed by atoms with Crippen LogP contribution in [0.1, 0.15) is 6.92 Å². The first-order valence-corrected chi connectivity index (χ1v) is 5.42. The summed E-state index contributed by atoms with van der Waals surface area (Å²) >= 11 is 0. The van der Waals surface area contributed by atoms with E-state index in [0.29, 0.717) is 5.92 Å². The van der Waals surface area contributed by atoms with Gasteiger partial charge in [-0.05, 0) is 24.9 Å². The maximum absolute atomic E-state index is 8.90. The Morgan fingerprint density at radius 1 is 1.64 bits per heavy atom. The fourth-order valence-electron chi connectivity index (χ4n) is 1.85. The number of aliphatic hydroxyl groups excluding tert-OH is 1. The lowest BCUT2D eigenvalue weighted by Crippen LogP contribution is -2.48. The van der Waals surface area contributed by atoms with Gasteiger partial charge in [0.25, 0.3) is 0 Å². The molecule has 0 spiro atoms. The van der Waals surface area contributed by atoms with Crippen molar-refractivity contribution in [3.63, 3.8) is 0 Å². The normalized spacial score (nSPS) is 19.4. The summed E-state index contributed by atoms with van der Waals surface area (Å²) in [6.45, 7) is 11.3. The molecule has 1 saturated heterocycles. The molecular weight excluding hydrogens is 176 g/mol. The molecule has 0 aromatic heterocycles. The van der Waals surface area contributed by atoms with Crippen molar-refractivity contribution in [1.29, 1.82) is 0 Å². The molecule has 0 amide bonds. The monoisotopic (exact) mass is 198 g/mol. The predicted octanol–water partition coefficient (Wildman–Crippen LogP) is 0.322. The Morgan fingerprint density at radius 2 is 2.36 bits per heavy atom. The van der Waals surface area contributed by atoms with Gasteiger partial charge >= 0.3 is 0 Å². The Balaban J connectivity index is 2.25.